The van der Waals surface area contributed by atoms with Crippen molar-refractivity contribution in [3.05, 3.63) is 12.4 Å². The summed E-state index contributed by atoms with van der Waals surface area (Å²) in [4.78, 5) is 7.16. The lowest BCUT2D eigenvalue weighted by atomic mass is 10.7. The van der Waals surface area contributed by atoms with Gasteiger partial charge in [-0.15, -0.1) is 0 Å². The maximum atomic E-state index is 11.7. The molecule has 0 aliphatic rings. The lowest BCUT2D eigenvalue weighted by Gasteiger charge is -2.06. The van der Waals surface area contributed by atoms with Gasteiger partial charge in [0, 0.05) is 13.1 Å². The molecule has 12 heteroatoms. The van der Waals surface area contributed by atoms with E-state index in [1.165, 1.54) is 0 Å². The molecule has 19 heavy (non-hydrogen) atoms. The van der Waals surface area contributed by atoms with E-state index in [0.717, 1.165) is 18.6 Å². The Morgan fingerprint density at radius 1 is 1.11 bits per heavy atom. The number of nitrogens with two attached hydrogens (primary N) is 1. The van der Waals surface area contributed by atoms with Crippen LogP contribution in [0.25, 0.3) is 0 Å². The van der Waals surface area contributed by atoms with Gasteiger partial charge in [0.2, 0.25) is 26.0 Å². The number of nitrogens with one attached hydrogen (secondary N) is 3. The Labute approximate surface area is 110 Å². The third-order valence-electron chi connectivity index (χ3n) is 1.85. The summed E-state index contributed by atoms with van der Waals surface area (Å²) in [5.41, 5.74) is 2.16. The van der Waals surface area contributed by atoms with Crippen molar-refractivity contribution < 1.29 is 16.8 Å². The van der Waals surface area contributed by atoms with Crippen LogP contribution in [-0.4, -0.2) is 46.1 Å². The minimum atomic E-state index is -3.78. The van der Waals surface area contributed by atoms with Gasteiger partial charge in [-0.3, -0.25) is 5.43 Å². The third-order valence-corrected chi connectivity index (χ3v) is 3.99. The average molecular weight is 310 g/mol. The van der Waals surface area contributed by atoms with Crippen molar-refractivity contribution in [2.24, 2.45) is 5.84 Å². The largest absolute Gasteiger partial charge is 0.292 e. The van der Waals surface area contributed by atoms with Crippen LogP contribution in [0.3, 0.4) is 0 Å². The fourth-order valence-electron chi connectivity index (χ4n) is 1.03. The maximum Gasteiger partial charge on any atom is 0.243 e. The van der Waals surface area contributed by atoms with Gasteiger partial charge in [0.05, 0.1) is 18.6 Å². The normalized spacial score (nSPS) is 12.3. The van der Waals surface area contributed by atoms with Crippen molar-refractivity contribution >= 4 is 26.0 Å². The van der Waals surface area contributed by atoms with E-state index in [0.29, 0.717) is 0 Å². The number of nitrogen functional groups attached to an aromatic ring is 1. The van der Waals surface area contributed by atoms with Crippen molar-refractivity contribution in [3.63, 3.8) is 0 Å². The smallest absolute Gasteiger partial charge is 0.243 e. The minimum Gasteiger partial charge on any atom is -0.292 e. The second-order valence-electron chi connectivity index (χ2n) is 3.45. The molecule has 10 nitrogen and oxygen atoms in total. The number of nitrogens with zero attached hydrogens (tertiary/aromatic N) is 2. The molecule has 1 rings (SSSR count). The summed E-state index contributed by atoms with van der Waals surface area (Å²) in [5.74, 6) is 5.12. The molecular formula is C7H14N6O4S2. The Hall–Kier alpha value is -1.34. The number of aromatic nitrogens is 2. The molecule has 0 saturated carbocycles. The van der Waals surface area contributed by atoms with Gasteiger partial charge in [-0.25, -0.2) is 42.1 Å². The van der Waals surface area contributed by atoms with Crippen LogP contribution in [0.4, 0.5) is 5.95 Å². The fraction of sp³-hybridized carbons (Fsp3) is 0.429. The van der Waals surface area contributed by atoms with Crippen LogP contribution in [0.2, 0.25) is 0 Å². The standard InChI is InChI=1S/C7H14N6O4S2/c1-18(14,15)11-2-3-12-19(16,17)6-4-9-7(13-8)10-5-6/h4-5,11-12H,2-3,8H2,1H3,(H,9,10,13). The Bertz CT molecular complexity index is 611. The number of hydrogen-bond acceptors (Lipinski definition) is 8. The average Bonchev–Trinajstić information content (AvgIpc) is 2.34. The molecule has 108 valence electrons. The van der Waals surface area contributed by atoms with Crippen molar-refractivity contribution in [3.8, 4) is 0 Å². The quantitative estimate of drug-likeness (QED) is 0.246. The molecule has 0 aliphatic heterocycles. The zero-order valence-corrected chi connectivity index (χ0v) is 11.6. The topological polar surface area (TPSA) is 156 Å². The zero-order valence-electron chi connectivity index (χ0n) is 9.99. The number of hydrogen-bond donors (Lipinski definition) is 4. The van der Waals surface area contributed by atoms with Gasteiger partial charge in [-0.1, -0.05) is 0 Å². The van der Waals surface area contributed by atoms with E-state index in [4.69, 9.17) is 5.84 Å². The van der Waals surface area contributed by atoms with Crippen LogP contribution >= 0.6 is 0 Å². The lowest BCUT2D eigenvalue weighted by Crippen LogP contribution is -2.34. The molecule has 1 aromatic rings. The van der Waals surface area contributed by atoms with Gasteiger partial charge >= 0.3 is 0 Å². The van der Waals surface area contributed by atoms with Gasteiger partial charge in [0.25, 0.3) is 0 Å². The summed E-state index contributed by atoms with van der Waals surface area (Å²) in [6, 6.07) is 0. The molecule has 0 aliphatic carbocycles. The highest BCUT2D eigenvalue weighted by Gasteiger charge is 2.14. The molecule has 0 spiro atoms. The van der Waals surface area contributed by atoms with Crippen molar-refractivity contribution in [2.75, 3.05) is 24.8 Å². The first kappa shape index (κ1) is 15.7. The summed E-state index contributed by atoms with van der Waals surface area (Å²) in [6.07, 6.45) is 3.14. The molecule has 0 aromatic carbocycles. The maximum absolute atomic E-state index is 11.7. The third kappa shape index (κ3) is 5.44. The number of sulfonamides is 2. The molecule has 1 heterocycles. The number of rotatable bonds is 7. The molecule has 0 amide bonds. The van der Waals surface area contributed by atoms with Crippen molar-refractivity contribution in [1.82, 2.24) is 19.4 Å². The predicted molar refractivity (Wildman–Crippen MR) is 67.9 cm³/mol. The van der Waals surface area contributed by atoms with Crippen LogP contribution in [0.5, 0.6) is 0 Å². The summed E-state index contributed by atoms with van der Waals surface area (Å²) in [7, 11) is -7.13. The number of hydrazine groups is 1. The summed E-state index contributed by atoms with van der Waals surface area (Å²) in [6.45, 7) is -0.145. The second kappa shape index (κ2) is 6.21. The molecule has 0 atom stereocenters. The highest BCUT2D eigenvalue weighted by molar-refractivity contribution is 7.89. The zero-order chi connectivity index (χ0) is 14.5. The summed E-state index contributed by atoms with van der Waals surface area (Å²) < 4.78 is 49.4. The molecule has 0 radical (unpaired) electrons. The summed E-state index contributed by atoms with van der Waals surface area (Å²) in [5, 5.41) is 0. The predicted octanol–water partition coefficient (Wildman–Crippen LogP) is -2.41. The monoisotopic (exact) mass is 310 g/mol. The molecule has 0 unspecified atom stereocenters. The Morgan fingerprint density at radius 3 is 2.11 bits per heavy atom. The molecule has 1 aromatic heterocycles. The van der Waals surface area contributed by atoms with E-state index in [1.54, 1.807) is 0 Å². The van der Waals surface area contributed by atoms with Gasteiger partial charge in [-0.05, 0) is 0 Å². The molecular weight excluding hydrogens is 296 g/mol. The SMILES string of the molecule is CS(=O)(=O)NCCNS(=O)(=O)c1cnc(NN)nc1. The van der Waals surface area contributed by atoms with Gasteiger partial charge in [0.1, 0.15) is 4.90 Å². The van der Waals surface area contributed by atoms with E-state index in [-0.39, 0.29) is 23.9 Å². The number of anilines is 1. The molecule has 0 saturated heterocycles. The van der Waals surface area contributed by atoms with E-state index >= 15 is 0 Å². The van der Waals surface area contributed by atoms with E-state index in [9.17, 15) is 16.8 Å². The summed E-state index contributed by atoms with van der Waals surface area (Å²) >= 11 is 0. The lowest BCUT2D eigenvalue weighted by molar-refractivity contribution is 0.572. The second-order valence-corrected chi connectivity index (χ2v) is 7.05. The van der Waals surface area contributed by atoms with Gasteiger partial charge in [0.15, 0.2) is 0 Å². The first-order chi connectivity index (χ1) is 8.74. The van der Waals surface area contributed by atoms with Crippen LogP contribution < -0.4 is 20.7 Å². The van der Waals surface area contributed by atoms with Crippen LogP contribution in [0.15, 0.2) is 17.3 Å². The van der Waals surface area contributed by atoms with E-state index < -0.39 is 20.0 Å². The van der Waals surface area contributed by atoms with E-state index in [1.807, 2.05) is 0 Å². The Kier molecular flexibility index (Phi) is 5.13. The van der Waals surface area contributed by atoms with E-state index in [2.05, 4.69) is 24.8 Å². The van der Waals surface area contributed by atoms with Crippen LogP contribution in [0, 0.1) is 0 Å². The Balaban J connectivity index is 2.60. The first-order valence-corrected chi connectivity index (χ1v) is 8.35. The van der Waals surface area contributed by atoms with Gasteiger partial charge < -0.3 is 0 Å². The van der Waals surface area contributed by atoms with Crippen LogP contribution in [0.1, 0.15) is 0 Å². The molecule has 5 N–H and O–H groups in total. The first-order valence-electron chi connectivity index (χ1n) is 4.97. The van der Waals surface area contributed by atoms with Crippen molar-refractivity contribution in [1.29, 1.82) is 0 Å². The Morgan fingerprint density at radius 2 is 1.63 bits per heavy atom. The minimum absolute atomic E-state index is 0.0542. The molecule has 0 fully saturated rings. The molecule has 0 bridgehead atoms. The van der Waals surface area contributed by atoms with Crippen molar-refractivity contribution in [2.45, 2.75) is 4.90 Å². The van der Waals surface area contributed by atoms with Crippen LogP contribution in [-0.2, 0) is 20.0 Å². The fourth-order valence-corrected chi connectivity index (χ4v) is 2.43. The highest BCUT2D eigenvalue weighted by atomic mass is 32.2. The highest BCUT2D eigenvalue weighted by Crippen LogP contribution is 2.05. The van der Waals surface area contributed by atoms with Gasteiger partial charge in [-0.2, -0.15) is 0 Å².